The Morgan fingerprint density at radius 1 is 1.25 bits per heavy atom. The van der Waals surface area contributed by atoms with E-state index in [9.17, 15) is 4.79 Å². The molecule has 102 valence electrons. The molecule has 1 aromatic carbocycles. The Kier molecular flexibility index (Phi) is 2.94. The lowest BCUT2D eigenvalue weighted by atomic mass is 10.2. The summed E-state index contributed by atoms with van der Waals surface area (Å²) in [7, 11) is 3.97. The molecule has 20 heavy (non-hydrogen) atoms. The van der Waals surface area contributed by atoms with Crippen LogP contribution in [-0.4, -0.2) is 39.3 Å². The van der Waals surface area contributed by atoms with Crippen LogP contribution in [0.3, 0.4) is 0 Å². The minimum atomic E-state index is -0.218. The normalized spacial score (nSPS) is 10.9. The van der Waals surface area contributed by atoms with Gasteiger partial charge in [-0.25, -0.2) is 4.68 Å². The predicted octanol–water partition coefficient (Wildman–Crippen LogP) is 0.629. The fraction of sp³-hybridized carbons (Fsp3) is 0.231. The molecule has 0 saturated carbocycles. The molecule has 0 saturated heterocycles. The second-order valence-electron chi connectivity index (χ2n) is 4.74. The molecule has 7 nitrogen and oxygen atoms in total. The van der Waals surface area contributed by atoms with Crippen molar-refractivity contribution in [3.63, 3.8) is 0 Å². The molecule has 3 aromatic rings. The number of H-pyrrole nitrogens is 1. The topological polar surface area (TPSA) is 79.7 Å². The lowest BCUT2D eigenvalue weighted by Crippen LogP contribution is -2.24. The van der Waals surface area contributed by atoms with Gasteiger partial charge in [-0.1, -0.05) is 17.3 Å². The van der Waals surface area contributed by atoms with Gasteiger partial charge in [0.2, 0.25) is 0 Å². The lowest BCUT2D eigenvalue weighted by Gasteiger charge is -2.12. The molecule has 2 aromatic heterocycles. The first kappa shape index (κ1) is 12.3. The summed E-state index contributed by atoms with van der Waals surface area (Å²) in [4.78, 5) is 14.2. The maximum atomic E-state index is 12.2. The number of rotatable bonds is 3. The Labute approximate surface area is 114 Å². The van der Waals surface area contributed by atoms with Crippen LogP contribution in [-0.2, 0) is 6.54 Å². The van der Waals surface area contributed by atoms with Gasteiger partial charge in [0.15, 0.2) is 5.52 Å². The molecule has 7 heteroatoms. The molecule has 0 aliphatic heterocycles. The number of hydrogen-bond acceptors (Lipinski definition) is 5. The first-order valence-corrected chi connectivity index (χ1v) is 6.18. The fourth-order valence-electron chi connectivity index (χ4n) is 1.96. The fourth-order valence-corrected chi connectivity index (χ4v) is 1.96. The Balaban J connectivity index is 1.92. The molecule has 1 N–H and O–H groups in total. The predicted molar refractivity (Wildman–Crippen MR) is 75.8 cm³/mol. The van der Waals surface area contributed by atoms with Crippen molar-refractivity contribution in [2.45, 2.75) is 6.54 Å². The molecule has 2 heterocycles. The summed E-state index contributed by atoms with van der Waals surface area (Å²) >= 11 is 0. The first-order chi connectivity index (χ1) is 9.65. The number of aromatic amines is 1. The smallest absolute Gasteiger partial charge is 0.295 e. The van der Waals surface area contributed by atoms with Crippen molar-refractivity contribution in [3.05, 3.63) is 46.4 Å². The Morgan fingerprint density at radius 3 is 2.70 bits per heavy atom. The zero-order valence-electron chi connectivity index (χ0n) is 11.2. The van der Waals surface area contributed by atoms with E-state index in [1.165, 1.54) is 10.9 Å². The summed E-state index contributed by atoms with van der Waals surface area (Å²) in [6.07, 6.45) is 1.49. The molecule has 0 bridgehead atoms. The van der Waals surface area contributed by atoms with Crippen LogP contribution in [0.1, 0.15) is 5.56 Å². The lowest BCUT2D eigenvalue weighted by molar-refractivity contribution is 0.600. The Morgan fingerprint density at radius 2 is 2.00 bits per heavy atom. The summed E-state index contributed by atoms with van der Waals surface area (Å²) < 4.78 is 1.32. The Hall–Kier alpha value is -2.70. The van der Waals surface area contributed by atoms with E-state index in [1.54, 1.807) is 0 Å². The van der Waals surface area contributed by atoms with Crippen LogP contribution in [0.5, 0.6) is 0 Å². The molecule has 0 aliphatic carbocycles. The average Bonchev–Trinajstić information content (AvgIpc) is 2.92. The summed E-state index contributed by atoms with van der Waals surface area (Å²) in [5, 5.41) is 14.3. The van der Waals surface area contributed by atoms with Crippen molar-refractivity contribution in [2.75, 3.05) is 19.0 Å². The quantitative estimate of drug-likeness (QED) is 0.755. The number of anilines is 1. The second-order valence-corrected chi connectivity index (χ2v) is 4.74. The van der Waals surface area contributed by atoms with E-state index in [0.29, 0.717) is 17.6 Å². The zero-order valence-corrected chi connectivity index (χ0v) is 11.2. The van der Waals surface area contributed by atoms with Gasteiger partial charge in [-0.15, -0.1) is 5.10 Å². The van der Waals surface area contributed by atoms with Gasteiger partial charge in [0.1, 0.15) is 5.52 Å². The van der Waals surface area contributed by atoms with Gasteiger partial charge in [-0.3, -0.25) is 9.89 Å². The number of aromatic nitrogens is 5. The van der Waals surface area contributed by atoms with Crippen molar-refractivity contribution in [2.24, 2.45) is 0 Å². The number of hydrogen-bond donors (Lipinski definition) is 1. The molecule has 0 unspecified atom stereocenters. The number of fused-ring (bicyclic) bond motifs is 1. The van der Waals surface area contributed by atoms with Gasteiger partial charge in [0.25, 0.3) is 5.56 Å². The standard InChI is InChI=1S/C13H14N6O/c1-18(2)10-5-3-9(4-6-10)8-19-13(20)12-11(15-17-19)7-14-16-12/h3-7H,8H2,1-2H3,(H,14,16). The van der Waals surface area contributed by atoms with Crippen LogP contribution < -0.4 is 10.5 Å². The van der Waals surface area contributed by atoms with Crippen molar-refractivity contribution < 1.29 is 0 Å². The zero-order chi connectivity index (χ0) is 14.1. The third-order valence-electron chi connectivity index (χ3n) is 3.11. The highest BCUT2D eigenvalue weighted by Gasteiger charge is 2.07. The van der Waals surface area contributed by atoms with Gasteiger partial charge in [-0.2, -0.15) is 5.10 Å². The highest BCUT2D eigenvalue weighted by atomic mass is 16.1. The second kappa shape index (κ2) is 4.76. The largest absolute Gasteiger partial charge is 0.378 e. The highest BCUT2D eigenvalue weighted by molar-refractivity contribution is 5.70. The van der Waals surface area contributed by atoms with E-state index in [-0.39, 0.29) is 5.56 Å². The first-order valence-electron chi connectivity index (χ1n) is 6.18. The maximum Gasteiger partial charge on any atom is 0.295 e. The van der Waals surface area contributed by atoms with Gasteiger partial charge >= 0.3 is 0 Å². The van der Waals surface area contributed by atoms with E-state index in [4.69, 9.17) is 0 Å². The van der Waals surface area contributed by atoms with Crippen molar-refractivity contribution >= 4 is 16.7 Å². The third kappa shape index (κ3) is 2.13. The van der Waals surface area contributed by atoms with Crippen LogP contribution in [0.2, 0.25) is 0 Å². The monoisotopic (exact) mass is 270 g/mol. The van der Waals surface area contributed by atoms with E-state index < -0.39 is 0 Å². The minimum absolute atomic E-state index is 0.218. The summed E-state index contributed by atoms with van der Waals surface area (Å²) in [6, 6.07) is 7.95. The van der Waals surface area contributed by atoms with E-state index in [0.717, 1.165) is 11.3 Å². The van der Waals surface area contributed by atoms with E-state index >= 15 is 0 Å². The van der Waals surface area contributed by atoms with E-state index in [2.05, 4.69) is 20.5 Å². The SMILES string of the molecule is CN(C)c1ccc(Cn2nnc3cn[nH]c3c2=O)cc1. The Bertz CT molecular complexity index is 786. The van der Waals surface area contributed by atoms with Crippen LogP contribution in [0.15, 0.2) is 35.3 Å². The highest BCUT2D eigenvalue weighted by Crippen LogP contribution is 2.12. The summed E-state index contributed by atoms with van der Waals surface area (Å²) in [5.74, 6) is 0. The molecule has 3 rings (SSSR count). The number of benzene rings is 1. The average molecular weight is 270 g/mol. The molecular weight excluding hydrogens is 256 g/mol. The number of nitrogens with zero attached hydrogens (tertiary/aromatic N) is 5. The van der Waals surface area contributed by atoms with Gasteiger partial charge in [-0.05, 0) is 17.7 Å². The molecule has 0 atom stereocenters. The molecular formula is C13H14N6O. The molecule has 0 amide bonds. The molecule has 0 radical (unpaired) electrons. The van der Waals surface area contributed by atoms with Crippen molar-refractivity contribution in [1.29, 1.82) is 0 Å². The van der Waals surface area contributed by atoms with Crippen LogP contribution in [0.4, 0.5) is 5.69 Å². The summed E-state index contributed by atoms with van der Waals surface area (Å²) in [6.45, 7) is 0.383. The van der Waals surface area contributed by atoms with Gasteiger partial charge in [0, 0.05) is 19.8 Å². The van der Waals surface area contributed by atoms with Crippen LogP contribution >= 0.6 is 0 Å². The third-order valence-corrected chi connectivity index (χ3v) is 3.11. The molecule has 0 aliphatic rings. The molecule has 0 fully saturated rings. The minimum Gasteiger partial charge on any atom is -0.378 e. The molecule has 0 spiro atoms. The van der Waals surface area contributed by atoms with Crippen LogP contribution in [0.25, 0.3) is 11.0 Å². The number of nitrogens with one attached hydrogen (secondary N) is 1. The van der Waals surface area contributed by atoms with Gasteiger partial charge in [0.05, 0.1) is 12.7 Å². The van der Waals surface area contributed by atoms with Crippen LogP contribution in [0, 0.1) is 0 Å². The van der Waals surface area contributed by atoms with Crippen molar-refractivity contribution in [3.8, 4) is 0 Å². The van der Waals surface area contributed by atoms with E-state index in [1.807, 2.05) is 43.3 Å². The summed E-state index contributed by atoms with van der Waals surface area (Å²) in [5.41, 5.74) is 2.74. The van der Waals surface area contributed by atoms with Crippen molar-refractivity contribution in [1.82, 2.24) is 25.2 Å². The maximum absolute atomic E-state index is 12.2. The van der Waals surface area contributed by atoms with Gasteiger partial charge < -0.3 is 4.90 Å².